The van der Waals surface area contributed by atoms with Gasteiger partial charge in [-0.05, 0) is 68.8 Å². The van der Waals surface area contributed by atoms with Gasteiger partial charge in [-0.15, -0.1) is 0 Å². The van der Waals surface area contributed by atoms with Gasteiger partial charge in [0.15, 0.2) is 0 Å². The Kier molecular flexibility index (Phi) is 8.08. The average Bonchev–Trinajstić information content (AvgIpc) is 3.27. The molecule has 1 fully saturated rings. The summed E-state index contributed by atoms with van der Waals surface area (Å²) in [4.78, 5) is 15.2. The lowest BCUT2D eigenvalue weighted by Gasteiger charge is -2.26. The molecule has 0 aliphatic carbocycles. The van der Waals surface area contributed by atoms with Gasteiger partial charge in [-0.1, -0.05) is 0 Å². The second kappa shape index (κ2) is 11.6. The molecule has 1 saturated heterocycles. The van der Waals surface area contributed by atoms with Gasteiger partial charge in [-0.25, -0.2) is 9.07 Å². The number of halogens is 1. The first-order valence-corrected chi connectivity index (χ1v) is 11.6. The number of unbranched alkanes of at least 4 members (excludes halogenated alkanes) is 1. The minimum absolute atomic E-state index is 0.342. The molecular weight excluding hydrogens is 449 g/mol. The van der Waals surface area contributed by atoms with E-state index in [-0.39, 0.29) is 11.7 Å². The molecule has 1 aliphatic heterocycles. The molecule has 1 aliphatic rings. The number of ether oxygens (including phenoxy) is 2. The molecule has 1 aromatic heterocycles. The Hall–Kier alpha value is -3.74. The van der Waals surface area contributed by atoms with E-state index in [2.05, 4.69) is 21.4 Å². The van der Waals surface area contributed by atoms with Crippen LogP contribution in [0.3, 0.4) is 0 Å². The molecule has 0 radical (unpaired) electrons. The highest BCUT2D eigenvalue weighted by atomic mass is 19.1. The number of benzene rings is 2. The van der Waals surface area contributed by atoms with Crippen LogP contribution in [0.5, 0.6) is 5.75 Å². The maximum atomic E-state index is 13.2. The van der Waals surface area contributed by atoms with Gasteiger partial charge in [0, 0.05) is 18.8 Å². The van der Waals surface area contributed by atoms with Crippen molar-refractivity contribution in [2.75, 3.05) is 44.8 Å². The molecule has 8 nitrogen and oxygen atoms in total. The third kappa shape index (κ3) is 6.23. The summed E-state index contributed by atoms with van der Waals surface area (Å²) in [6, 6.07) is 13.0. The van der Waals surface area contributed by atoms with Crippen molar-refractivity contribution >= 4 is 11.6 Å². The number of anilines is 1. The fourth-order valence-electron chi connectivity index (χ4n) is 3.94. The molecular formula is C26H28FN5O3. The van der Waals surface area contributed by atoms with Gasteiger partial charge in [-0.2, -0.15) is 10.4 Å². The lowest BCUT2D eigenvalue weighted by atomic mass is 10.1. The van der Waals surface area contributed by atoms with E-state index in [0.29, 0.717) is 40.6 Å². The number of rotatable bonds is 9. The summed E-state index contributed by atoms with van der Waals surface area (Å²) in [7, 11) is 0. The minimum atomic E-state index is -0.350. The number of morpholine rings is 1. The zero-order chi connectivity index (χ0) is 24.6. The van der Waals surface area contributed by atoms with Crippen LogP contribution in [0.4, 0.5) is 10.1 Å². The van der Waals surface area contributed by atoms with Gasteiger partial charge in [-0.3, -0.25) is 9.69 Å². The number of nitriles is 1. The number of amides is 1. The molecule has 35 heavy (non-hydrogen) atoms. The van der Waals surface area contributed by atoms with Gasteiger partial charge in [0.2, 0.25) is 0 Å². The second-order valence-electron chi connectivity index (χ2n) is 8.32. The highest BCUT2D eigenvalue weighted by Gasteiger charge is 2.16. The van der Waals surface area contributed by atoms with Crippen molar-refractivity contribution in [3.63, 3.8) is 0 Å². The van der Waals surface area contributed by atoms with Gasteiger partial charge < -0.3 is 14.8 Å². The molecule has 3 aromatic rings. The van der Waals surface area contributed by atoms with Crippen LogP contribution in [-0.4, -0.2) is 60.0 Å². The topological polar surface area (TPSA) is 92.4 Å². The van der Waals surface area contributed by atoms with E-state index >= 15 is 0 Å². The van der Waals surface area contributed by atoms with E-state index in [1.54, 1.807) is 41.9 Å². The fourth-order valence-corrected chi connectivity index (χ4v) is 3.94. The molecule has 182 valence electrons. The molecule has 9 heteroatoms. The maximum Gasteiger partial charge on any atom is 0.259 e. The number of hydrogen-bond donors (Lipinski definition) is 1. The zero-order valence-electron chi connectivity index (χ0n) is 19.7. The van der Waals surface area contributed by atoms with E-state index in [1.807, 2.05) is 0 Å². The normalized spacial score (nSPS) is 13.9. The molecule has 0 bridgehead atoms. The van der Waals surface area contributed by atoms with Crippen LogP contribution in [0.15, 0.2) is 48.7 Å². The maximum absolute atomic E-state index is 13.2. The van der Waals surface area contributed by atoms with E-state index in [0.717, 1.165) is 45.7 Å². The SMILES string of the molecule is Cc1c(C(=O)Nc2ccc(OCCCCN3CCOCC3)c(C#N)c2)cnn1-c1ccc(F)cc1. The number of nitrogens with zero attached hydrogens (tertiary/aromatic N) is 4. The van der Waals surface area contributed by atoms with Crippen molar-refractivity contribution < 1.29 is 18.7 Å². The minimum Gasteiger partial charge on any atom is -0.492 e. The summed E-state index contributed by atoms with van der Waals surface area (Å²) < 4.78 is 26.0. The summed E-state index contributed by atoms with van der Waals surface area (Å²) in [5, 5.41) is 16.6. The van der Waals surface area contributed by atoms with Crippen LogP contribution in [-0.2, 0) is 4.74 Å². The highest BCUT2D eigenvalue weighted by Crippen LogP contribution is 2.24. The van der Waals surface area contributed by atoms with Gasteiger partial charge in [0.25, 0.3) is 5.91 Å². The lowest BCUT2D eigenvalue weighted by Crippen LogP contribution is -2.36. The number of carbonyl (C=O) groups is 1. The van der Waals surface area contributed by atoms with Gasteiger partial charge in [0.05, 0.1) is 48.5 Å². The number of carbonyl (C=O) groups excluding carboxylic acids is 1. The smallest absolute Gasteiger partial charge is 0.259 e. The van der Waals surface area contributed by atoms with Crippen molar-refractivity contribution in [3.05, 3.63) is 71.3 Å². The first-order chi connectivity index (χ1) is 17.0. The van der Waals surface area contributed by atoms with Crippen molar-refractivity contribution in [2.24, 2.45) is 0 Å². The Labute approximate surface area is 203 Å². The van der Waals surface area contributed by atoms with Gasteiger partial charge >= 0.3 is 0 Å². The summed E-state index contributed by atoms with van der Waals surface area (Å²) in [6.45, 7) is 6.83. The van der Waals surface area contributed by atoms with Crippen LogP contribution < -0.4 is 10.1 Å². The third-order valence-electron chi connectivity index (χ3n) is 5.91. The average molecular weight is 478 g/mol. The predicted octanol–water partition coefficient (Wildman–Crippen LogP) is 3.94. The van der Waals surface area contributed by atoms with E-state index in [4.69, 9.17) is 9.47 Å². The molecule has 0 unspecified atom stereocenters. The summed E-state index contributed by atoms with van der Waals surface area (Å²) in [5.41, 5.74) is 2.50. The zero-order valence-corrected chi connectivity index (χ0v) is 19.7. The Morgan fingerprint density at radius 3 is 2.71 bits per heavy atom. The predicted molar refractivity (Wildman–Crippen MR) is 129 cm³/mol. The van der Waals surface area contributed by atoms with E-state index in [9.17, 15) is 14.4 Å². The molecule has 1 N–H and O–H groups in total. The summed E-state index contributed by atoms with van der Waals surface area (Å²) in [5.74, 6) is -0.195. The molecule has 4 rings (SSSR count). The van der Waals surface area contributed by atoms with Crippen LogP contribution in [0.25, 0.3) is 5.69 Å². The van der Waals surface area contributed by atoms with Crippen LogP contribution >= 0.6 is 0 Å². The molecule has 2 heterocycles. The molecule has 0 saturated carbocycles. The Balaban J connectivity index is 1.33. The Bertz CT molecular complexity index is 1200. The largest absolute Gasteiger partial charge is 0.492 e. The van der Waals surface area contributed by atoms with Crippen molar-refractivity contribution in [1.29, 1.82) is 5.26 Å². The number of aromatic nitrogens is 2. The van der Waals surface area contributed by atoms with E-state index in [1.165, 1.54) is 18.3 Å². The number of nitrogens with one attached hydrogen (secondary N) is 1. The summed E-state index contributed by atoms with van der Waals surface area (Å²) >= 11 is 0. The van der Waals surface area contributed by atoms with Gasteiger partial charge in [0.1, 0.15) is 17.6 Å². The summed E-state index contributed by atoms with van der Waals surface area (Å²) in [6.07, 6.45) is 3.37. The fraction of sp³-hybridized carbons (Fsp3) is 0.346. The van der Waals surface area contributed by atoms with Crippen molar-refractivity contribution in [1.82, 2.24) is 14.7 Å². The standard InChI is InChI=1S/C26H28FN5O3/c1-19-24(18-29-32(19)23-7-4-21(27)5-8-23)26(33)30-22-6-9-25(20(16-22)17-28)35-13-3-2-10-31-11-14-34-15-12-31/h4-9,16,18H,2-3,10-15H2,1H3,(H,30,33). The molecule has 1 amide bonds. The Morgan fingerprint density at radius 1 is 1.20 bits per heavy atom. The molecule has 2 aromatic carbocycles. The van der Waals surface area contributed by atoms with Crippen LogP contribution in [0.2, 0.25) is 0 Å². The first kappa shape index (κ1) is 24.4. The monoisotopic (exact) mass is 477 g/mol. The molecule has 0 atom stereocenters. The second-order valence-corrected chi connectivity index (χ2v) is 8.32. The quantitative estimate of drug-likeness (QED) is 0.470. The highest BCUT2D eigenvalue weighted by molar-refractivity contribution is 6.05. The van der Waals surface area contributed by atoms with Crippen molar-refractivity contribution in [3.8, 4) is 17.5 Å². The third-order valence-corrected chi connectivity index (χ3v) is 5.91. The van der Waals surface area contributed by atoms with Crippen LogP contribution in [0.1, 0.15) is 34.5 Å². The molecule has 0 spiro atoms. The van der Waals surface area contributed by atoms with Crippen LogP contribution in [0, 0.1) is 24.1 Å². The number of hydrogen-bond acceptors (Lipinski definition) is 6. The Morgan fingerprint density at radius 2 is 1.97 bits per heavy atom. The lowest BCUT2D eigenvalue weighted by molar-refractivity contribution is 0.0368. The van der Waals surface area contributed by atoms with Crippen molar-refractivity contribution in [2.45, 2.75) is 19.8 Å². The van der Waals surface area contributed by atoms with E-state index < -0.39 is 0 Å². The first-order valence-electron chi connectivity index (χ1n) is 11.6.